The zero-order chi connectivity index (χ0) is 13.2. The van der Waals surface area contributed by atoms with Crippen LogP contribution in [0.1, 0.15) is 58.6 Å². The molecule has 3 rings (SSSR count). The van der Waals surface area contributed by atoms with Crippen LogP contribution in [0.3, 0.4) is 0 Å². The van der Waals surface area contributed by atoms with Crippen molar-refractivity contribution in [2.45, 2.75) is 62.2 Å². The molecule has 0 spiro atoms. The Bertz CT molecular complexity index is 447. The molecule has 2 aliphatic rings. The molecule has 2 nitrogen and oxygen atoms in total. The summed E-state index contributed by atoms with van der Waals surface area (Å²) >= 11 is 5.38. The van der Waals surface area contributed by atoms with Crippen LogP contribution in [0.5, 0.6) is 0 Å². The quantitative estimate of drug-likeness (QED) is 0.637. The van der Waals surface area contributed by atoms with Crippen LogP contribution in [0.2, 0.25) is 0 Å². The normalized spacial score (nSPS) is 26.8. The number of carbonyl (C=O) groups excluding carboxylic acids is 1. The molecule has 1 amide bonds. The molecule has 2 atom stereocenters. The number of aryl methyl sites for hydroxylation is 2. The molecule has 19 heavy (non-hydrogen) atoms. The summed E-state index contributed by atoms with van der Waals surface area (Å²) < 4.78 is 0. The maximum absolute atomic E-state index is 12.3. The number of hydrogen-bond acceptors (Lipinski definition) is 2. The molecular weight excluding hydrogens is 322 g/mol. The van der Waals surface area contributed by atoms with E-state index in [1.165, 1.54) is 42.5 Å². The van der Waals surface area contributed by atoms with Crippen LogP contribution in [0.4, 0.5) is 0 Å². The van der Waals surface area contributed by atoms with E-state index in [1.807, 2.05) is 0 Å². The van der Waals surface area contributed by atoms with Gasteiger partial charge in [0.05, 0.1) is 4.88 Å². The van der Waals surface area contributed by atoms with Gasteiger partial charge in [0.1, 0.15) is 0 Å². The Labute approximate surface area is 127 Å². The minimum absolute atomic E-state index is 0.134. The van der Waals surface area contributed by atoms with Crippen molar-refractivity contribution in [2.24, 2.45) is 0 Å². The van der Waals surface area contributed by atoms with Crippen molar-refractivity contribution in [3.63, 3.8) is 0 Å². The van der Waals surface area contributed by atoms with Crippen molar-refractivity contribution in [3.05, 3.63) is 21.4 Å². The maximum Gasteiger partial charge on any atom is 0.261 e. The SMILES string of the molecule is O=C(NC1CCCC1Br)c1cc2c(s1)CCCCC2. The van der Waals surface area contributed by atoms with E-state index in [2.05, 4.69) is 27.3 Å². The van der Waals surface area contributed by atoms with Gasteiger partial charge in [0.2, 0.25) is 0 Å². The summed E-state index contributed by atoms with van der Waals surface area (Å²) in [5.74, 6) is 0.134. The number of hydrogen-bond donors (Lipinski definition) is 1. The summed E-state index contributed by atoms with van der Waals surface area (Å²) in [5.41, 5.74) is 1.43. The molecule has 0 aromatic carbocycles. The lowest BCUT2D eigenvalue weighted by atomic mass is 10.1. The first kappa shape index (κ1) is 13.6. The molecule has 0 bridgehead atoms. The second-order valence-electron chi connectivity index (χ2n) is 5.65. The van der Waals surface area contributed by atoms with Crippen molar-refractivity contribution in [1.82, 2.24) is 5.32 Å². The lowest BCUT2D eigenvalue weighted by molar-refractivity contribution is 0.0943. The molecule has 0 radical (unpaired) electrons. The molecule has 104 valence electrons. The van der Waals surface area contributed by atoms with Crippen LogP contribution in [0.15, 0.2) is 6.07 Å². The van der Waals surface area contributed by atoms with E-state index in [-0.39, 0.29) is 5.91 Å². The summed E-state index contributed by atoms with van der Waals surface area (Å²) in [6, 6.07) is 2.45. The Morgan fingerprint density at radius 1 is 1.21 bits per heavy atom. The molecule has 1 aromatic heterocycles. The minimum atomic E-state index is 0.134. The zero-order valence-corrected chi connectivity index (χ0v) is 13.5. The third-order valence-electron chi connectivity index (χ3n) is 4.22. The van der Waals surface area contributed by atoms with Crippen molar-refractivity contribution in [1.29, 1.82) is 0 Å². The van der Waals surface area contributed by atoms with Crippen molar-refractivity contribution in [2.75, 3.05) is 0 Å². The summed E-state index contributed by atoms with van der Waals surface area (Å²) in [6.45, 7) is 0. The van der Waals surface area contributed by atoms with Crippen LogP contribution < -0.4 is 5.32 Å². The number of rotatable bonds is 2. The van der Waals surface area contributed by atoms with Gasteiger partial charge >= 0.3 is 0 Å². The Balaban J connectivity index is 1.70. The van der Waals surface area contributed by atoms with Gasteiger partial charge < -0.3 is 5.32 Å². The zero-order valence-electron chi connectivity index (χ0n) is 11.1. The highest BCUT2D eigenvalue weighted by atomic mass is 79.9. The Morgan fingerprint density at radius 3 is 2.84 bits per heavy atom. The van der Waals surface area contributed by atoms with Gasteiger partial charge in [0.25, 0.3) is 5.91 Å². The molecule has 0 aliphatic heterocycles. The molecule has 2 aliphatic carbocycles. The monoisotopic (exact) mass is 341 g/mol. The summed E-state index contributed by atoms with van der Waals surface area (Å²) in [4.78, 5) is 15.1. The number of nitrogens with one attached hydrogen (secondary N) is 1. The fourth-order valence-electron chi connectivity index (χ4n) is 3.10. The summed E-state index contributed by atoms with van der Waals surface area (Å²) in [7, 11) is 0. The maximum atomic E-state index is 12.3. The first-order valence-corrected chi connectivity index (χ1v) is 9.04. The van der Waals surface area contributed by atoms with Gasteiger partial charge in [-0.2, -0.15) is 0 Å². The number of fused-ring (bicyclic) bond motifs is 1. The predicted molar refractivity (Wildman–Crippen MR) is 83.4 cm³/mol. The average Bonchev–Trinajstić information content (AvgIpc) is 2.91. The molecule has 1 N–H and O–H groups in total. The highest BCUT2D eigenvalue weighted by molar-refractivity contribution is 9.09. The Morgan fingerprint density at radius 2 is 2.05 bits per heavy atom. The van der Waals surface area contributed by atoms with E-state index in [4.69, 9.17) is 0 Å². The van der Waals surface area contributed by atoms with Gasteiger partial charge in [-0.15, -0.1) is 11.3 Å². The van der Waals surface area contributed by atoms with Crippen molar-refractivity contribution < 1.29 is 4.79 Å². The van der Waals surface area contributed by atoms with Crippen LogP contribution in [-0.2, 0) is 12.8 Å². The molecular formula is C15H20BrNOS. The Hall–Kier alpha value is -0.350. The minimum Gasteiger partial charge on any atom is -0.347 e. The lowest BCUT2D eigenvalue weighted by Gasteiger charge is -2.15. The number of carbonyl (C=O) groups is 1. The standard InChI is InChI=1S/C15H20BrNOS/c16-11-6-4-7-12(11)17-15(18)14-9-10-5-2-1-3-8-13(10)19-14/h9,11-12H,1-8H2,(H,17,18). The first-order valence-electron chi connectivity index (χ1n) is 7.30. The predicted octanol–water partition coefficient (Wildman–Crippen LogP) is 4.06. The average molecular weight is 342 g/mol. The molecule has 4 heteroatoms. The molecule has 1 aromatic rings. The molecule has 1 fully saturated rings. The molecule has 2 unspecified atom stereocenters. The fourth-order valence-corrected chi connectivity index (χ4v) is 4.97. The van der Waals surface area contributed by atoms with E-state index < -0.39 is 0 Å². The number of amides is 1. The van der Waals surface area contributed by atoms with Crippen LogP contribution in [-0.4, -0.2) is 16.8 Å². The largest absolute Gasteiger partial charge is 0.347 e. The number of alkyl halides is 1. The summed E-state index contributed by atoms with van der Waals surface area (Å²) in [5, 5.41) is 3.19. The van der Waals surface area contributed by atoms with Crippen LogP contribution in [0.25, 0.3) is 0 Å². The van der Waals surface area contributed by atoms with Gasteiger partial charge in [-0.05, 0) is 50.2 Å². The smallest absolute Gasteiger partial charge is 0.261 e. The fraction of sp³-hybridized carbons (Fsp3) is 0.667. The first-order chi connectivity index (χ1) is 9.24. The van der Waals surface area contributed by atoms with Crippen LogP contribution >= 0.6 is 27.3 Å². The third-order valence-corrected chi connectivity index (χ3v) is 6.55. The van der Waals surface area contributed by atoms with Gasteiger partial charge in [-0.25, -0.2) is 0 Å². The van der Waals surface area contributed by atoms with E-state index in [9.17, 15) is 4.79 Å². The van der Waals surface area contributed by atoms with E-state index >= 15 is 0 Å². The number of halogens is 1. The third kappa shape index (κ3) is 3.05. The van der Waals surface area contributed by atoms with E-state index in [0.717, 1.165) is 24.1 Å². The van der Waals surface area contributed by atoms with Gasteiger partial charge in [0, 0.05) is 15.7 Å². The van der Waals surface area contributed by atoms with Gasteiger partial charge in [0.15, 0.2) is 0 Å². The lowest BCUT2D eigenvalue weighted by Crippen LogP contribution is -2.37. The van der Waals surface area contributed by atoms with Crippen LogP contribution in [0, 0.1) is 0 Å². The Kier molecular flexibility index (Phi) is 4.27. The second kappa shape index (κ2) is 5.96. The van der Waals surface area contributed by atoms with E-state index in [1.54, 1.807) is 11.3 Å². The second-order valence-corrected chi connectivity index (χ2v) is 7.96. The van der Waals surface area contributed by atoms with Crippen molar-refractivity contribution in [3.8, 4) is 0 Å². The summed E-state index contributed by atoms with van der Waals surface area (Å²) in [6.07, 6.45) is 9.69. The topological polar surface area (TPSA) is 29.1 Å². The van der Waals surface area contributed by atoms with Crippen molar-refractivity contribution >= 4 is 33.2 Å². The highest BCUT2D eigenvalue weighted by Crippen LogP contribution is 2.30. The highest BCUT2D eigenvalue weighted by Gasteiger charge is 2.27. The molecule has 0 saturated heterocycles. The van der Waals surface area contributed by atoms with Gasteiger partial charge in [-0.3, -0.25) is 4.79 Å². The van der Waals surface area contributed by atoms with Gasteiger partial charge in [-0.1, -0.05) is 28.8 Å². The van der Waals surface area contributed by atoms with E-state index in [0.29, 0.717) is 10.9 Å². The molecule has 1 heterocycles. The molecule has 1 saturated carbocycles. The number of thiophene rings is 1.